The minimum Gasteiger partial charge on any atom is -0.378 e. The molecule has 3 aromatic carbocycles. The fraction of sp³-hybridized carbons (Fsp3) is 0.130. The number of hydrogen-bond acceptors (Lipinski definition) is 4. The molecule has 1 aromatic heterocycles. The Balaban J connectivity index is 1.73. The summed E-state index contributed by atoms with van der Waals surface area (Å²) in [6.45, 7) is 0.468. The van der Waals surface area contributed by atoms with Crippen LogP contribution in [0.4, 0.5) is 10.8 Å². The molecular weight excluding hydrogens is 446 g/mol. The molecule has 0 atom stereocenters. The van der Waals surface area contributed by atoms with Gasteiger partial charge in [0.2, 0.25) is 0 Å². The van der Waals surface area contributed by atoms with Crippen LogP contribution in [-0.4, -0.2) is 25.0 Å². The lowest BCUT2D eigenvalue weighted by Crippen LogP contribution is -2.30. The van der Waals surface area contributed by atoms with Gasteiger partial charge >= 0.3 is 0 Å². The minimum atomic E-state index is -0.0581. The molecular formula is C23H20BrN3OS. The summed E-state index contributed by atoms with van der Waals surface area (Å²) in [5.74, 6) is -0.0581. The molecule has 4 aromatic rings. The Labute approximate surface area is 182 Å². The number of rotatable bonds is 5. The molecule has 0 fully saturated rings. The van der Waals surface area contributed by atoms with Crippen LogP contribution >= 0.6 is 27.3 Å². The van der Waals surface area contributed by atoms with Crippen molar-refractivity contribution in [2.75, 3.05) is 23.9 Å². The number of carbonyl (C=O) groups is 1. The summed E-state index contributed by atoms with van der Waals surface area (Å²) in [6, 6.07) is 23.6. The summed E-state index contributed by atoms with van der Waals surface area (Å²) < 4.78 is 2.05. The summed E-state index contributed by atoms with van der Waals surface area (Å²) in [4.78, 5) is 22.0. The Bertz CT molecular complexity index is 1140. The predicted molar refractivity (Wildman–Crippen MR) is 125 cm³/mol. The molecule has 0 N–H and O–H groups in total. The number of thiazole rings is 1. The highest BCUT2D eigenvalue weighted by Gasteiger charge is 2.22. The highest BCUT2D eigenvalue weighted by molar-refractivity contribution is 9.10. The van der Waals surface area contributed by atoms with Gasteiger partial charge in [-0.05, 0) is 48.0 Å². The third-order valence-electron chi connectivity index (χ3n) is 4.63. The zero-order valence-electron chi connectivity index (χ0n) is 16.2. The summed E-state index contributed by atoms with van der Waals surface area (Å²) in [6.07, 6.45) is 0. The van der Waals surface area contributed by atoms with E-state index in [9.17, 15) is 4.79 Å². The molecule has 0 bridgehead atoms. The lowest BCUT2D eigenvalue weighted by atomic mass is 10.1. The monoisotopic (exact) mass is 465 g/mol. The van der Waals surface area contributed by atoms with Gasteiger partial charge in [0.1, 0.15) is 0 Å². The van der Waals surface area contributed by atoms with Gasteiger partial charge in [-0.15, -0.1) is 0 Å². The van der Waals surface area contributed by atoms with E-state index in [0.717, 1.165) is 25.9 Å². The van der Waals surface area contributed by atoms with Crippen LogP contribution in [-0.2, 0) is 6.54 Å². The molecule has 0 aliphatic heterocycles. The highest BCUT2D eigenvalue weighted by atomic mass is 79.9. The summed E-state index contributed by atoms with van der Waals surface area (Å²) in [5.41, 5.74) is 3.65. The quantitative estimate of drug-likeness (QED) is 0.364. The maximum Gasteiger partial charge on any atom is 0.260 e. The van der Waals surface area contributed by atoms with E-state index >= 15 is 0 Å². The molecule has 0 saturated heterocycles. The second kappa shape index (κ2) is 8.35. The van der Waals surface area contributed by atoms with Crippen LogP contribution in [0.15, 0.2) is 77.3 Å². The van der Waals surface area contributed by atoms with E-state index in [4.69, 9.17) is 4.98 Å². The van der Waals surface area contributed by atoms with E-state index < -0.39 is 0 Å². The van der Waals surface area contributed by atoms with Gasteiger partial charge in [0, 0.05) is 29.8 Å². The van der Waals surface area contributed by atoms with Gasteiger partial charge in [-0.1, -0.05) is 57.6 Å². The summed E-state index contributed by atoms with van der Waals surface area (Å²) >= 11 is 5.04. The predicted octanol–water partition coefficient (Wildman–Crippen LogP) is 5.97. The van der Waals surface area contributed by atoms with Crippen LogP contribution < -0.4 is 9.80 Å². The van der Waals surface area contributed by atoms with E-state index in [2.05, 4.69) is 15.9 Å². The van der Waals surface area contributed by atoms with Crippen LogP contribution in [0.1, 0.15) is 15.9 Å². The molecule has 4 nitrogen and oxygen atoms in total. The Morgan fingerprint density at radius 3 is 2.41 bits per heavy atom. The third kappa shape index (κ3) is 4.33. The molecule has 29 heavy (non-hydrogen) atoms. The smallest absolute Gasteiger partial charge is 0.260 e. The van der Waals surface area contributed by atoms with Crippen molar-refractivity contribution in [1.82, 2.24) is 4.98 Å². The number of nitrogens with zero attached hydrogens (tertiary/aromatic N) is 3. The van der Waals surface area contributed by atoms with Crippen LogP contribution in [0.2, 0.25) is 0 Å². The largest absolute Gasteiger partial charge is 0.378 e. The van der Waals surface area contributed by atoms with E-state index in [0.29, 0.717) is 17.2 Å². The highest BCUT2D eigenvalue weighted by Crippen LogP contribution is 2.32. The first kappa shape index (κ1) is 19.6. The number of aromatic nitrogens is 1. The van der Waals surface area contributed by atoms with Gasteiger partial charge in [0.15, 0.2) is 5.13 Å². The Kier molecular flexibility index (Phi) is 5.65. The van der Waals surface area contributed by atoms with Gasteiger partial charge in [-0.25, -0.2) is 4.98 Å². The van der Waals surface area contributed by atoms with Gasteiger partial charge in [-0.3, -0.25) is 9.69 Å². The van der Waals surface area contributed by atoms with Crippen molar-refractivity contribution in [3.05, 3.63) is 88.4 Å². The average molecular weight is 466 g/mol. The van der Waals surface area contributed by atoms with Gasteiger partial charge in [0.25, 0.3) is 5.91 Å². The van der Waals surface area contributed by atoms with Crippen molar-refractivity contribution < 1.29 is 4.79 Å². The van der Waals surface area contributed by atoms with Gasteiger partial charge in [-0.2, -0.15) is 0 Å². The van der Waals surface area contributed by atoms with E-state index in [1.165, 1.54) is 11.3 Å². The fourth-order valence-electron chi connectivity index (χ4n) is 3.05. The molecule has 0 unspecified atom stereocenters. The first-order valence-corrected chi connectivity index (χ1v) is 10.8. The maximum atomic E-state index is 13.4. The second-order valence-electron chi connectivity index (χ2n) is 6.93. The normalized spacial score (nSPS) is 10.9. The average Bonchev–Trinajstić information content (AvgIpc) is 3.15. The zero-order valence-corrected chi connectivity index (χ0v) is 18.6. The number of halogens is 1. The molecule has 0 saturated carbocycles. The van der Waals surface area contributed by atoms with Crippen molar-refractivity contribution in [3.63, 3.8) is 0 Å². The standard InChI is InChI=1S/C23H20BrN3OS/c1-26(2)19-11-8-17(9-12-19)22(28)27(15-16-6-4-3-5-7-16)23-25-20-13-10-18(24)14-21(20)29-23/h3-14H,15H2,1-2H3. The third-order valence-corrected chi connectivity index (χ3v) is 6.16. The number of hydrogen-bond donors (Lipinski definition) is 0. The minimum absolute atomic E-state index is 0.0581. The number of anilines is 2. The first-order valence-electron chi connectivity index (χ1n) is 9.20. The van der Waals surface area contributed by atoms with Crippen LogP contribution in [0.25, 0.3) is 10.2 Å². The Morgan fingerprint density at radius 1 is 1.00 bits per heavy atom. The molecule has 0 spiro atoms. The van der Waals surface area contributed by atoms with E-state index in [1.807, 2.05) is 91.8 Å². The zero-order chi connectivity index (χ0) is 20.4. The first-order chi connectivity index (χ1) is 14.0. The van der Waals surface area contributed by atoms with Crippen molar-refractivity contribution in [3.8, 4) is 0 Å². The number of amides is 1. The SMILES string of the molecule is CN(C)c1ccc(C(=O)N(Cc2ccccc2)c2nc3ccc(Br)cc3s2)cc1. The topological polar surface area (TPSA) is 36.4 Å². The maximum absolute atomic E-state index is 13.4. The molecule has 4 rings (SSSR count). The Morgan fingerprint density at radius 2 is 1.72 bits per heavy atom. The Hall–Kier alpha value is -2.70. The molecule has 6 heteroatoms. The van der Waals surface area contributed by atoms with Crippen LogP contribution in [0.3, 0.4) is 0 Å². The molecule has 146 valence electrons. The van der Waals surface area contributed by atoms with E-state index in [-0.39, 0.29) is 5.91 Å². The molecule has 0 aliphatic rings. The molecule has 0 radical (unpaired) electrons. The number of carbonyl (C=O) groups excluding carboxylic acids is 1. The molecule has 0 aliphatic carbocycles. The summed E-state index contributed by atoms with van der Waals surface area (Å²) in [5, 5.41) is 0.698. The van der Waals surface area contributed by atoms with Crippen molar-refractivity contribution in [2.24, 2.45) is 0 Å². The van der Waals surface area contributed by atoms with Crippen molar-refractivity contribution >= 4 is 54.2 Å². The van der Waals surface area contributed by atoms with Gasteiger partial charge in [0.05, 0.1) is 16.8 Å². The number of benzene rings is 3. The fourth-order valence-corrected chi connectivity index (χ4v) is 4.57. The van der Waals surface area contributed by atoms with Gasteiger partial charge < -0.3 is 4.90 Å². The van der Waals surface area contributed by atoms with Crippen LogP contribution in [0.5, 0.6) is 0 Å². The lowest BCUT2D eigenvalue weighted by Gasteiger charge is -2.21. The van der Waals surface area contributed by atoms with Crippen molar-refractivity contribution in [2.45, 2.75) is 6.54 Å². The molecule has 1 amide bonds. The van der Waals surface area contributed by atoms with E-state index in [1.54, 1.807) is 4.90 Å². The second-order valence-corrected chi connectivity index (χ2v) is 8.85. The van der Waals surface area contributed by atoms with Crippen LogP contribution in [0, 0.1) is 0 Å². The molecule has 1 heterocycles. The van der Waals surface area contributed by atoms with Crippen molar-refractivity contribution in [1.29, 1.82) is 0 Å². The summed E-state index contributed by atoms with van der Waals surface area (Å²) in [7, 11) is 3.97. The lowest BCUT2D eigenvalue weighted by molar-refractivity contribution is 0.0985. The number of fused-ring (bicyclic) bond motifs is 1.